The van der Waals surface area contributed by atoms with Gasteiger partial charge in [-0.3, -0.25) is 4.90 Å². The van der Waals surface area contributed by atoms with E-state index in [4.69, 9.17) is 0 Å². The van der Waals surface area contributed by atoms with Gasteiger partial charge in [0.15, 0.2) is 11.7 Å². The molecule has 0 aliphatic carbocycles. The van der Waals surface area contributed by atoms with E-state index in [0.717, 1.165) is 36.4 Å². The molecule has 2 heterocycles. The van der Waals surface area contributed by atoms with Crippen molar-refractivity contribution >= 4 is 17.3 Å². The molecule has 148 valence electrons. The third kappa shape index (κ3) is 6.12. The molecule has 1 aromatic heterocycles. The largest absolute Gasteiger partial charge is 0.434 e. The van der Waals surface area contributed by atoms with Crippen molar-refractivity contribution in [2.45, 2.75) is 52.4 Å². The molecule has 0 bridgehead atoms. The number of thiazole rings is 1. The maximum atomic E-state index is 12.6. The van der Waals surface area contributed by atoms with Gasteiger partial charge >= 0.3 is 6.18 Å². The third-order valence-electron chi connectivity index (χ3n) is 4.42. The van der Waals surface area contributed by atoms with E-state index in [1.807, 2.05) is 6.92 Å². The van der Waals surface area contributed by atoms with Crippen molar-refractivity contribution in [2.24, 2.45) is 10.9 Å². The molecule has 1 unspecified atom stereocenters. The highest BCUT2D eigenvalue weighted by atomic mass is 32.1. The summed E-state index contributed by atoms with van der Waals surface area (Å²) in [5.41, 5.74) is -0.848. The fourth-order valence-electron chi connectivity index (χ4n) is 3.06. The Bertz CT molecular complexity index is 579. The fourth-order valence-corrected chi connectivity index (χ4v) is 3.79. The summed E-state index contributed by atoms with van der Waals surface area (Å²) in [5.74, 6) is 1.12. The molecule has 0 amide bonds. The Morgan fingerprint density at radius 3 is 2.54 bits per heavy atom. The summed E-state index contributed by atoms with van der Waals surface area (Å²) in [5, 5.41) is 7.88. The summed E-state index contributed by atoms with van der Waals surface area (Å²) in [4.78, 5) is 10.5. The number of alkyl halides is 3. The van der Waals surface area contributed by atoms with E-state index in [1.165, 1.54) is 12.8 Å². The average Bonchev–Trinajstić information content (AvgIpc) is 3.23. The first-order valence-corrected chi connectivity index (χ1v) is 9.97. The summed E-state index contributed by atoms with van der Waals surface area (Å²) >= 11 is 0.984. The zero-order valence-electron chi connectivity index (χ0n) is 15.6. The zero-order valence-corrected chi connectivity index (χ0v) is 16.4. The van der Waals surface area contributed by atoms with Gasteiger partial charge in [-0.25, -0.2) is 9.98 Å². The summed E-state index contributed by atoms with van der Waals surface area (Å²) in [6, 6.07) is 0.415. The van der Waals surface area contributed by atoms with Crippen molar-refractivity contribution < 1.29 is 13.2 Å². The molecule has 1 aliphatic rings. The first-order valence-electron chi connectivity index (χ1n) is 9.09. The van der Waals surface area contributed by atoms with Crippen LogP contribution in [-0.4, -0.2) is 48.1 Å². The fraction of sp³-hybridized carbons (Fsp3) is 0.765. The average molecular weight is 392 g/mol. The molecular formula is C17H28F3N5S. The highest BCUT2D eigenvalue weighted by Crippen LogP contribution is 2.30. The number of rotatable bonds is 7. The molecule has 1 aromatic rings. The standard InChI is InChI=1S/C17H28F3N5S/c1-4-21-16(22-9-13(12(2)3)25-7-5-6-8-25)23-10-15-24-14(11-26-15)17(18,19)20/h11-13H,4-10H2,1-3H3,(H2,21,22,23). The van der Waals surface area contributed by atoms with Crippen LogP contribution in [0.25, 0.3) is 0 Å². The molecule has 1 aliphatic heterocycles. The molecule has 26 heavy (non-hydrogen) atoms. The molecule has 0 saturated carbocycles. The number of likely N-dealkylation sites (tertiary alicyclic amines) is 1. The highest BCUT2D eigenvalue weighted by Gasteiger charge is 2.33. The normalized spacial score (nSPS) is 17.7. The van der Waals surface area contributed by atoms with E-state index in [2.05, 4.69) is 39.4 Å². The quantitative estimate of drug-likeness (QED) is 0.553. The third-order valence-corrected chi connectivity index (χ3v) is 5.25. The summed E-state index contributed by atoms with van der Waals surface area (Å²) < 4.78 is 37.9. The Kier molecular flexibility index (Phi) is 7.69. The van der Waals surface area contributed by atoms with Crippen LogP contribution in [0.1, 0.15) is 44.3 Å². The van der Waals surface area contributed by atoms with Gasteiger partial charge < -0.3 is 10.6 Å². The van der Waals surface area contributed by atoms with Crippen molar-refractivity contribution in [1.29, 1.82) is 0 Å². The molecule has 0 spiro atoms. The Morgan fingerprint density at radius 2 is 2.00 bits per heavy atom. The summed E-state index contributed by atoms with van der Waals surface area (Å²) in [7, 11) is 0. The van der Waals surface area contributed by atoms with Gasteiger partial charge in [0.2, 0.25) is 0 Å². The van der Waals surface area contributed by atoms with Gasteiger partial charge in [0, 0.05) is 24.5 Å². The van der Waals surface area contributed by atoms with Crippen molar-refractivity contribution in [3.63, 3.8) is 0 Å². The number of aliphatic imine (C=N–C) groups is 1. The molecule has 5 nitrogen and oxygen atoms in total. The lowest BCUT2D eigenvalue weighted by Crippen LogP contribution is -2.48. The minimum atomic E-state index is -4.40. The van der Waals surface area contributed by atoms with Crippen LogP contribution in [0.5, 0.6) is 0 Å². The Labute approximate surface area is 157 Å². The minimum Gasteiger partial charge on any atom is -0.357 e. The number of aromatic nitrogens is 1. The van der Waals surface area contributed by atoms with Crippen LogP contribution < -0.4 is 10.6 Å². The molecule has 1 saturated heterocycles. The van der Waals surface area contributed by atoms with E-state index < -0.39 is 11.9 Å². The zero-order chi connectivity index (χ0) is 19.2. The van der Waals surface area contributed by atoms with Gasteiger partial charge in [-0.05, 0) is 38.8 Å². The lowest BCUT2D eigenvalue weighted by atomic mass is 10.0. The van der Waals surface area contributed by atoms with Crippen LogP contribution in [0, 0.1) is 5.92 Å². The molecule has 1 atom stereocenters. The van der Waals surface area contributed by atoms with Gasteiger partial charge in [-0.2, -0.15) is 13.2 Å². The number of hydrogen-bond donors (Lipinski definition) is 2. The van der Waals surface area contributed by atoms with Crippen molar-refractivity contribution in [3.8, 4) is 0 Å². The molecule has 0 aromatic carbocycles. The van der Waals surface area contributed by atoms with Crippen LogP contribution in [0.3, 0.4) is 0 Å². The lowest BCUT2D eigenvalue weighted by Gasteiger charge is -2.31. The second-order valence-electron chi connectivity index (χ2n) is 6.75. The lowest BCUT2D eigenvalue weighted by molar-refractivity contribution is -0.140. The summed E-state index contributed by atoms with van der Waals surface area (Å²) in [6.45, 7) is 10.2. The van der Waals surface area contributed by atoms with Gasteiger partial charge in [0.25, 0.3) is 0 Å². The van der Waals surface area contributed by atoms with Crippen LogP contribution in [0.15, 0.2) is 10.4 Å². The Hall–Kier alpha value is -1.35. The molecule has 2 rings (SSSR count). The van der Waals surface area contributed by atoms with Crippen molar-refractivity contribution in [1.82, 2.24) is 20.5 Å². The van der Waals surface area contributed by atoms with Crippen LogP contribution in [0.2, 0.25) is 0 Å². The van der Waals surface area contributed by atoms with E-state index in [-0.39, 0.29) is 6.54 Å². The van der Waals surface area contributed by atoms with E-state index in [1.54, 1.807) is 0 Å². The Morgan fingerprint density at radius 1 is 1.31 bits per heavy atom. The maximum Gasteiger partial charge on any atom is 0.434 e. The second kappa shape index (κ2) is 9.55. The molecule has 9 heteroatoms. The SMILES string of the molecule is CCNC(=NCc1nc(C(F)(F)F)cs1)NCC(C(C)C)N1CCCC1. The molecule has 0 radical (unpaired) electrons. The van der Waals surface area contributed by atoms with Gasteiger partial charge in [0.1, 0.15) is 5.01 Å². The van der Waals surface area contributed by atoms with Gasteiger partial charge in [-0.1, -0.05) is 13.8 Å². The van der Waals surface area contributed by atoms with E-state index in [0.29, 0.717) is 29.5 Å². The molecule has 1 fully saturated rings. The molecule has 2 N–H and O–H groups in total. The second-order valence-corrected chi connectivity index (χ2v) is 7.70. The summed E-state index contributed by atoms with van der Waals surface area (Å²) in [6.07, 6.45) is -1.92. The predicted octanol–water partition coefficient (Wildman–Crippen LogP) is 3.34. The maximum absolute atomic E-state index is 12.6. The van der Waals surface area contributed by atoms with Crippen molar-refractivity contribution in [3.05, 3.63) is 16.1 Å². The number of guanidine groups is 1. The van der Waals surface area contributed by atoms with E-state index in [9.17, 15) is 13.2 Å². The first-order chi connectivity index (χ1) is 12.3. The van der Waals surface area contributed by atoms with Crippen LogP contribution in [0.4, 0.5) is 13.2 Å². The van der Waals surface area contributed by atoms with Crippen LogP contribution >= 0.6 is 11.3 Å². The van der Waals surface area contributed by atoms with E-state index >= 15 is 0 Å². The number of nitrogens with zero attached hydrogens (tertiary/aromatic N) is 3. The highest BCUT2D eigenvalue weighted by molar-refractivity contribution is 7.09. The topological polar surface area (TPSA) is 52.6 Å². The Balaban J connectivity index is 1.96. The number of halogens is 3. The van der Waals surface area contributed by atoms with Gasteiger partial charge in [0.05, 0.1) is 6.54 Å². The van der Waals surface area contributed by atoms with Crippen molar-refractivity contribution in [2.75, 3.05) is 26.2 Å². The van der Waals surface area contributed by atoms with Crippen LogP contribution in [-0.2, 0) is 12.7 Å². The predicted molar refractivity (Wildman–Crippen MR) is 99.4 cm³/mol. The van der Waals surface area contributed by atoms with Gasteiger partial charge in [-0.15, -0.1) is 11.3 Å². The molecular weight excluding hydrogens is 363 g/mol. The number of hydrogen-bond acceptors (Lipinski definition) is 4. The minimum absolute atomic E-state index is 0.131. The smallest absolute Gasteiger partial charge is 0.357 e. The number of nitrogens with one attached hydrogen (secondary N) is 2. The first kappa shape index (κ1) is 21.0. The monoisotopic (exact) mass is 391 g/mol.